The van der Waals surface area contributed by atoms with E-state index in [1.165, 1.54) is 0 Å². The van der Waals surface area contributed by atoms with Gasteiger partial charge < -0.3 is 10.4 Å². The first-order valence-electron chi connectivity index (χ1n) is 8.14. The van der Waals surface area contributed by atoms with Gasteiger partial charge in [0.25, 0.3) is 0 Å². The Kier molecular flexibility index (Phi) is 6.84. The summed E-state index contributed by atoms with van der Waals surface area (Å²) in [5.74, 6) is -0.323. The summed E-state index contributed by atoms with van der Waals surface area (Å²) in [5, 5.41) is 13.4. The maximum atomic E-state index is 11.3. The number of rotatable bonds is 8. The molecule has 3 unspecified atom stereocenters. The van der Waals surface area contributed by atoms with Crippen LogP contribution in [0, 0.1) is 17.8 Å². The van der Waals surface area contributed by atoms with Crippen LogP contribution in [0.4, 0.5) is 0 Å². The number of nitrogens with one attached hydrogen (secondary N) is 3. The minimum absolute atomic E-state index is 0.176. The van der Waals surface area contributed by atoms with Gasteiger partial charge in [-0.15, -0.1) is 0 Å². The van der Waals surface area contributed by atoms with Gasteiger partial charge in [-0.05, 0) is 30.0 Å². The summed E-state index contributed by atoms with van der Waals surface area (Å²) in [6.45, 7) is 6.21. The molecule has 0 aliphatic carbocycles. The zero-order chi connectivity index (χ0) is 16.8. The molecule has 0 saturated carbocycles. The number of carboxylic acid groups (broad SMARTS) is 1. The van der Waals surface area contributed by atoms with E-state index in [0.717, 1.165) is 23.7 Å². The molecule has 128 valence electrons. The van der Waals surface area contributed by atoms with Crippen molar-refractivity contribution in [3.05, 3.63) is 34.9 Å². The van der Waals surface area contributed by atoms with Crippen molar-refractivity contribution in [2.75, 3.05) is 19.6 Å². The quantitative estimate of drug-likeness (QED) is 0.585. The molecule has 0 aromatic heterocycles. The van der Waals surface area contributed by atoms with Gasteiger partial charge >= 0.3 is 5.97 Å². The number of hydrogen-bond acceptors (Lipinski definition) is 4. The highest BCUT2D eigenvalue weighted by Gasteiger charge is 2.28. The molecule has 0 radical (unpaired) electrons. The van der Waals surface area contributed by atoms with E-state index >= 15 is 0 Å². The molecule has 23 heavy (non-hydrogen) atoms. The first-order chi connectivity index (χ1) is 11.0. The van der Waals surface area contributed by atoms with Crippen molar-refractivity contribution in [3.8, 4) is 0 Å². The van der Waals surface area contributed by atoms with Crippen LogP contribution in [0.5, 0.6) is 0 Å². The van der Waals surface area contributed by atoms with Gasteiger partial charge in [0.15, 0.2) is 0 Å². The van der Waals surface area contributed by atoms with Crippen LogP contribution in [-0.2, 0) is 4.79 Å². The zero-order valence-corrected chi connectivity index (χ0v) is 14.4. The fourth-order valence-corrected chi connectivity index (χ4v) is 3.26. The molecule has 4 N–H and O–H groups in total. The summed E-state index contributed by atoms with van der Waals surface area (Å²) < 4.78 is 0. The molecule has 0 spiro atoms. The number of carbonyl (C=O) groups is 1. The maximum absolute atomic E-state index is 11.3. The van der Waals surface area contributed by atoms with Gasteiger partial charge in [-0.1, -0.05) is 37.6 Å². The van der Waals surface area contributed by atoms with Crippen LogP contribution >= 0.6 is 11.6 Å². The highest BCUT2D eigenvalue weighted by molar-refractivity contribution is 6.30. The summed E-state index contributed by atoms with van der Waals surface area (Å²) in [6.07, 6.45) is 0.696. The summed E-state index contributed by atoms with van der Waals surface area (Å²) in [5.41, 5.74) is 7.61. The van der Waals surface area contributed by atoms with E-state index in [1.54, 1.807) is 0 Å². The van der Waals surface area contributed by atoms with Crippen molar-refractivity contribution in [1.82, 2.24) is 16.2 Å². The van der Waals surface area contributed by atoms with Crippen molar-refractivity contribution in [1.29, 1.82) is 0 Å². The molecular weight excluding hydrogens is 314 g/mol. The topological polar surface area (TPSA) is 73.4 Å². The van der Waals surface area contributed by atoms with Crippen LogP contribution in [0.1, 0.15) is 31.9 Å². The lowest BCUT2D eigenvalue weighted by molar-refractivity contribution is -0.142. The second-order valence-corrected chi connectivity index (χ2v) is 7.08. The van der Waals surface area contributed by atoms with Gasteiger partial charge in [0, 0.05) is 30.6 Å². The number of aliphatic carboxylic acids is 1. The molecule has 1 saturated heterocycles. The highest BCUT2D eigenvalue weighted by Crippen LogP contribution is 2.26. The molecule has 1 aliphatic rings. The Hall–Kier alpha value is -1.14. The fraction of sp³-hybridized carbons (Fsp3) is 0.588. The Balaban J connectivity index is 1.88. The summed E-state index contributed by atoms with van der Waals surface area (Å²) in [7, 11) is 0. The Morgan fingerprint density at radius 1 is 1.48 bits per heavy atom. The van der Waals surface area contributed by atoms with E-state index in [-0.39, 0.29) is 12.0 Å². The van der Waals surface area contributed by atoms with E-state index in [2.05, 4.69) is 36.1 Å². The van der Waals surface area contributed by atoms with Gasteiger partial charge in [0.1, 0.15) is 0 Å². The molecule has 3 atom stereocenters. The first-order valence-corrected chi connectivity index (χ1v) is 8.52. The lowest BCUT2D eigenvalue weighted by Gasteiger charge is -2.21. The molecular formula is C17H26ClN3O2. The molecule has 1 aliphatic heterocycles. The molecule has 1 aromatic rings. The average molecular weight is 340 g/mol. The summed E-state index contributed by atoms with van der Waals surface area (Å²) >= 11 is 6.07. The largest absolute Gasteiger partial charge is 0.481 e. The lowest BCUT2D eigenvalue weighted by Crippen LogP contribution is -2.34. The van der Waals surface area contributed by atoms with Crippen molar-refractivity contribution >= 4 is 17.6 Å². The summed E-state index contributed by atoms with van der Waals surface area (Å²) in [6, 6.07) is 8.02. The van der Waals surface area contributed by atoms with E-state index in [0.29, 0.717) is 24.8 Å². The Morgan fingerprint density at radius 2 is 2.26 bits per heavy atom. The number of hydrazine groups is 1. The van der Waals surface area contributed by atoms with Gasteiger partial charge in [-0.25, -0.2) is 5.43 Å². The third-order valence-electron chi connectivity index (χ3n) is 4.20. The van der Waals surface area contributed by atoms with Crippen molar-refractivity contribution in [2.24, 2.45) is 17.8 Å². The predicted octanol–water partition coefficient (Wildman–Crippen LogP) is 2.44. The number of halogens is 1. The van der Waals surface area contributed by atoms with Gasteiger partial charge in [-0.3, -0.25) is 10.2 Å². The molecule has 6 heteroatoms. The normalized spacial score (nSPS) is 22.4. The first kappa shape index (κ1) is 18.2. The predicted molar refractivity (Wildman–Crippen MR) is 92.3 cm³/mol. The second kappa shape index (κ2) is 8.64. The minimum atomic E-state index is -0.722. The molecule has 5 nitrogen and oxygen atoms in total. The van der Waals surface area contributed by atoms with Gasteiger partial charge in [0.2, 0.25) is 0 Å². The number of carboxylic acids is 1. The van der Waals surface area contributed by atoms with E-state index in [1.807, 2.05) is 18.2 Å². The Bertz CT molecular complexity index is 524. The highest BCUT2D eigenvalue weighted by atomic mass is 35.5. The average Bonchev–Trinajstić information content (AvgIpc) is 2.94. The standard InChI is InChI=1S/C17H26ClN3O2/c1-11(2)6-13(17(22)23)8-19-9-14-10-20-21-16(14)12-4-3-5-15(18)7-12/h3-5,7,11,13-14,16,19-21H,6,8-10H2,1-2H3,(H,22,23). The molecule has 0 bridgehead atoms. The summed E-state index contributed by atoms with van der Waals surface area (Å²) in [4.78, 5) is 11.3. The van der Waals surface area contributed by atoms with Crippen molar-refractivity contribution < 1.29 is 9.90 Å². The van der Waals surface area contributed by atoms with E-state index in [4.69, 9.17) is 11.6 Å². The molecule has 0 amide bonds. The third-order valence-corrected chi connectivity index (χ3v) is 4.44. The fourth-order valence-electron chi connectivity index (χ4n) is 3.06. The monoisotopic (exact) mass is 339 g/mol. The number of hydrogen-bond donors (Lipinski definition) is 4. The SMILES string of the molecule is CC(C)CC(CNCC1CNNC1c1cccc(Cl)c1)C(=O)O. The van der Waals surface area contributed by atoms with Crippen LogP contribution in [0.2, 0.25) is 5.02 Å². The molecule has 1 fully saturated rings. The molecule has 1 heterocycles. The van der Waals surface area contributed by atoms with Crippen LogP contribution in [0.25, 0.3) is 0 Å². The Morgan fingerprint density at radius 3 is 2.91 bits per heavy atom. The van der Waals surface area contributed by atoms with Crippen LogP contribution in [0.3, 0.4) is 0 Å². The zero-order valence-electron chi connectivity index (χ0n) is 13.7. The van der Waals surface area contributed by atoms with Crippen LogP contribution in [0.15, 0.2) is 24.3 Å². The third kappa shape index (κ3) is 5.46. The van der Waals surface area contributed by atoms with E-state index in [9.17, 15) is 9.90 Å². The molecule has 2 rings (SSSR count). The van der Waals surface area contributed by atoms with Gasteiger partial charge in [0.05, 0.1) is 12.0 Å². The van der Waals surface area contributed by atoms with Crippen molar-refractivity contribution in [2.45, 2.75) is 26.3 Å². The lowest BCUT2D eigenvalue weighted by atomic mass is 9.94. The van der Waals surface area contributed by atoms with Crippen LogP contribution < -0.4 is 16.2 Å². The Labute approximate surface area is 142 Å². The molecule has 1 aromatic carbocycles. The van der Waals surface area contributed by atoms with Gasteiger partial charge in [-0.2, -0.15) is 0 Å². The smallest absolute Gasteiger partial charge is 0.307 e. The van der Waals surface area contributed by atoms with E-state index < -0.39 is 5.97 Å². The number of benzene rings is 1. The van der Waals surface area contributed by atoms with Crippen molar-refractivity contribution in [3.63, 3.8) is 0 Å². The second-order valence-electron chi connectivity index (χ2n) is 6.64. The maximum Gasteiger partial charge on any atom is 0.307 e. The van der Waals surface area contributed by atoms with Crippen LogP contribution in [-0.4, -0.2) is 30.7 Å². The minimum Gasteiger partial charge on any atom is -0.481 e.